The normalized spacial score (nSPS) is 34.4. The topological polar surface area (TPSA) is 49.4 Å². The number of rotatable bonds is 3. The van der Waals surface area contributed by atoms with Gasteiger partial charge in [0.15, 0.2) is 5.78 Å². The molecule has 1 aromatic rings. The molecule has 4 saturated carbocycles. The van der Waals surface area contributed by atoms with Gasteiger partial charge in [-0.1, -0.05) is 6.07 Å². The lowest BCUT2D eigenvalue weighted by Crippen LogP contribution is -2.50. The predicted molar refractivity (Wildman–Crippen MR) is 119 cm³/mol. The van der Waals surface area contributed by atoms with Crippen molar-refractivity contribution in [2.24, 2.45) is 23.2 Å². The van der Waals surface area contributed by atoms with Crippen molar-refractivity contribution < 1.29 is 9.59 Å². The van der Waals surface area contributed by atoms with E-state index in [1.54, 1.807) is 19.0 Å². The van der Waals surface area contributed by atoms with E-state index in [1.807, 2.05) is 18.2 Å². The number of carbonyl (C=O) groups excluding carboxylic acids is 2. The number of fused-ring (bicyclic) bond motifs is 1. The fourth-order valence-corrected chi connectivity index (χ4v) is 7.14. The zero-order valence-electron chi connectivity index (χ0n) is 18.8. The van der Waals surface area contributed by atoms with Gasteiger partial charge in [-0.3, -0.25) is 9.59 Å². The first kappa shape index (κ1) is 19.8. The van der Waals surface area contributed by atoms with Crippen LogP contribution in [0, 0.1) is 23.2 Å². The van der Waals surface area contributed by atoms with Gasteiger partial charge >= 0.3 is 0 Å². The smallest absolute Gasteiger partial charge is 0.253 e. The molecule has 5 aliphatic rings. The SMILES string of the molecule is CN(C)C(=O)c1ccc2c(c1)C(=CC(=O)C13CC4CC(CC(C4)C1)C3)NC(C)(C)C2. The van der Waals surface area contributed by atoms with Crippen LogP contribution >= 0.6 is 0 Å². The lowest BCUT2D eigenvalue weighted by atomic mass is 9.48. The Morgan fingerprint density at radius 1 is 1.03 bits per heavy atom. The van der Waals surface area contributed by atoms with Gasteiger partial charge in [0.05, 0.1) is 0 Å². The number of hydrogen-bond acceptors (Lipinski definition) is 3. The number of hydrogen-bond donors (Lipinski definition) is 1. The Kier molecular flexibility index (Phi) is 4.43. The average molecular weight is 407 g/mol. The van der Waals surface area contributed by atoms with Crippen molar-refractivity contribution in [2.75, 3.05) is 14.1 Å². The number of amides is 1. The molecule has 1 N–H and O–H groups in total. The van der Waals surface area contributed by atoms with Crippen LogP contribution in [0.25, 0.3) is 5.70 Å². The van der Waals surface area contributed by atoms with Crippen LogP contribution < -0.4 is 5.32 Å². The van der Waals surface area contributed by atoms with Gasteiger partial charge in [-0.25, -0.2) is 0 Å². The largest absolute Gasteiger partial charge is 0.379 e. The maximum Gasteiger partial charge on any atom is 0.253 e. The molecule has 30 heavy (non-hydrogen) atoms. The van der Waals surface area contributed by atoms with Crippen molar-refractivity contribution in [3.8, 4) is 0 Å². The summed E-state index contributed by atoms with van der Waals surface area (Å²) in [4.78, 5) is 27.9. The van der Waals surface area contributed by atoms with Crippen molar-refractivity contribution in [1.82, 2.24) is 10.2 Å². The molecule has 1 heterocycles. The molecular weight excluding hydrogens is 372 g/mol. The van der Waals surface area contributed by atoms with E-state index in [-0.39, 0.29) is 16.9 Å². The van der Waals surface area contributed by atoms with E-state index in [1.165, 1.54) is 24.8 Å². The first-order valence-corrected chi connectivity index (χ1v) is 11.5. The second kappa shape index (κ2) is 6.70. The zero-order valence-corrected chi connectivity index (χ0v) is 18.8. The molecule has 0 aromatic heterocycles. The molecule has 0 saturated heterocycles. The first-order valence-electron chi connectivity index (χ1n) is 11.5. The minimum absolute atomic E-state index is 0.00519. The van der Waals surface area contributed by atoms with Crippen molar-refractivity contribution in [1.29, 1.82) is 0 Å². The fraction of sp³-hybridized carbons (Fsp3) is 0.615. The predicted octanol–water partition coefficient (Wildman–Crippen LogP) is 4.44. The molecule has 6 rings (SSSR count). The minimum Gasteiger partial charge on any atom is -0.379 e. The van der Waals surface area contributed by atoms with E-state index in [4.69, 9.17) is 0 Å². The van der Waals surface area contributed by atoms with Gasteiger partial charge in [0.1, 0.15) is 0 Å². The Morgan fingerprint density at radius 3 is 2.20 bits per heavy atom. The van der Waals surface area contributed by atoms with Crippen LogP contribution in [-0.2, 0) is 11.2 Å². The van der Waals surface area contributed by atoms with Crippen LogP contribution in [0.5, 0.6) is 0 Å². The maximum absolute atomic E-state index is 13.7. The summed E-state index contributed by atoms with van der Waals surface area (Å²) in [6, 6.07) is 5.96. The average Bonchev–Trinajstić information content (AvgIpc) is 2.65. The lowest BCUT2D eigenvalue weighted by Gasteiger charge is -2.55. The molecule has 1 aliphatic heterocycles. The highest BCUT2D eigenvalue weighted by Crippen LogP contribution is 2.60. The molecule has 1 aromatic carbocycles. The summed E-state index contributed by atoms with van der Waals surface area (Å²) in [5.74, 6) is 2.58. The second-order valence-electron chi connectivity index (χ2n) is 11.4. The highest BCUT2D eigenvalue weighted by atomic mass is 16.2. The van der Waals surface area contributed by atoms with Gasteiger partial charge in [-0.15, -0.1) is 0 Å². The number of nitrogens with zero attached hydrogens (tertiary/aromatic N) is 1. The van der Waals surface area contributed by atoms with Gasteiger partial charge in [0.25, 0.3) is 5.91 Å². The summed E-state index contributed by atoms with van der Waals surface area (Å²) in [6.45, 7) is 4.36. The number of benzene rings is 1. The molecular formula is C26H34N2O2. The summed E-state index contributed by atoms with van der Waals surface area (Å²) in [5, 5.41) is 3.62. The molecule has 4 bridgehead atoms. The molecule has 0 spiro atoms. The fourth-order valence-electron chi connectivity index (χ4n) is 7.14. The maximum atomic E-state index is 13.7. The molecule has 160 valence electrons. The van der Waals surface area contributed by atoms with Crippen molar-refractivity contribution in [3.05, 3.63) is 41.0 Å². The zero-order chi connectivity index (χ0) is 21.3. The van der Waals surface area contributed by atoms with Gasteiger partial charge in [0, 0.05) is 47.9 Å². The Bertz CT molecular complexity index is 905. The minimum atomic E-state index is -0.137. The highest BCUT2D eigenvalue weighted by Gasteiger charge is 2.54. The van der Waals surface area contributed by atoms with E-state index < -0.39 is 0 Å². The molecule has 0 radical (unpaired) electrons. The van der Waals surface area contributed by atoms with Crippen LogP contribution in [0.15, 0.2) is 24.3 Å². The summed E-state index contributed by atoms with van der Waals surface area (Å²) < 4.78 is 0. The summed E-state index contributed by atoms with van der Waals surface area (Å²) >= 11 is 0. The summed E-state index contributed by atoms with van der Waals surface area (Å²) in [6.07, 6.45) is 10.0. The van der Waals surface area contributed by atoms with Gasteiger partial charge < -0.3 is 10.2 Å². The van der Waals surface area contributed by atoms with Crippen LogP contribution in [0.3, 0.4) is 0 Å². The monoisotopic (exact) mass is 406 g/mol. The number of ketones is 1. The van der Waals surface area contributed by atoms with Crippen LogP contribution in [0.2, 0.25) is 0 Å². The second-order valence-corrected chi connectivity index (χ2v) is 11.4. The Labute approximate surface area is 180 Å². The number of nitrogens with one attached hydrogen (secondary N) is 1. The Balaban J connectivity index is 1.52. The van der Waals surface area contributed by atoms with Crippen molar-refractivity contribution in [2.45, 2.75) is 64.3 Å². The summed E-state index contributed by atoms with van der Waals surface area (Å²) in [5.41, 5.74) is 3.54. The third kappa shape index (κ3) is 3.29. The lowest BCUT2D eigenvalue weighted by molar-refractivity contribution is -0.138. The van der Waals surface area contributed by atoms with E-state index in [0.717, 1.165) is 54.7 Å². The number of carbonyl (C=O) groups is 2. The summed E-state index contributed by atoms with van der Waals surface area (Å²) in [7, 11) is 3.55. The molecule has 4 aliphatic carbocycles. The van der Waals surface area contributed by atoms with Crippen LogP contribution in [-0.4, -0.2) is 36.2 Å². The van der Waals surface area contributed by atoms with Crippen molar-refractivity contribution >= 4 is 17.4 Å². The highest BCUT2D eigenvalue weighted by molar-refractivity contribution is 6.02. The van der Waals surface area contributed by atoms with Crippen LogP contribution in [0.1, 0.15) is 73.9 Å². The Morgan fingerprint density at radius 2 is 1.63 bits per heavy atom. The van der Waals surface area contributed by atoms with Gasteiger partial charge in [-0.05, 0) is 94.2 Å². The van der Waals surface area contributed by atoms with Gasteiger partial charge in [-0.2, -0.15) is 0 Å². The van der Waals surface area contributed by atoms with E-state index in [9.17, 15) is 9.59 Å². The first-order chi connectivity index (χ1) is 14.1. The Hall–Kier alpha value is -2.10. The third-order valence-corrected chi connectivity index (χ3v) is 7.99. The number of allylic oxidation sites excluding steroid dienone is 1. The van der Waals surface area contributed by atoms with E-state index in [2.05, 4.69) is 25.2 Å². The van der Waals surface area contributed by atoms with Gasteiger partial charge in [0.2, 0.25) is 0 Å². The molecule has 4 nitrogen and oxygen atoms in total. The molecule has 0 unspecified atom stereocenters. The van der Waals surface area contributed by atoms with E-state index >= 15 is 0 Å². The molecule has 1 amide bonds. The van der Waals surface area contributed by atoms with E-state index in [0.29, 0.717) is 11.3 Å². The molecule has 4 fully saturated rings. The van der Waals surface area contributed by atoms with Crippen molar-refractivity contribution in [3.63, 3.8) is 0 Å². The molecule has 4 heteroatoms. The quantitative estimate of drug-likeness (QED) is 0.755. The molecule has 0 atom stereocenters. The standard InChI is InChI=1S/C26H34N2O2/c1-25(2)15-20-6-5-19(24(30)28(3)4)10-21(20)22(27-25)11-23(29)26-12-16-7-17(13-26)9-18(8-16)14-26/h5-6,10-11,16-18,27H,7-9,12-15H2,1-4H3. The third-order valence-electron chi connectivity index (χ3n) is 7.99. The van der Waals surface area contributed by atoms with Crippen LogP contribution in [0.4, 0.5) is 0 Å².